The number of benzene rings is 2. The molecule has 4 heterocycles. The van der Waals surface area contributed by atoms with Gasteiger partial charge in [0.2, 0.25) is 11.8 Å². The van der Waals surface area contributed by atoms with Gasteiger partial charge < -0.3 is 29.5 Å². The first-order valence-corrected chi connectivity index (χ1v) is 21.2. The highest BCUT2D eigenvalue weighted by atomic mass is 35.5. The Labute approximate surface area is 361 Å². The maximum Gasteiger partial charge on any atom is 0.410 e. The molecule has 0 spiro atoms. The normalized spacial score (nSPS) is 26.0. The first-order valence-electron chi connectivity index (χ1n) is 20.8. The summed E-state index contributed by atoms with van der Waals surface area (Å²) in [7, 11) is 0. The number of fused-ring (bicyclic) bond motifs is 2. The Morgan fingerprint density at radius 2 is 1.55 bits per heavy atom. The number of carbonyl (C=O) groups excluding carboxylic acids is 6. The molecular formula is C43H45ClFN9O8. The van der Waals surface area contributed by atoms with Crippen molar-refractivity contribution in [2.45, 2.75) is 75.7 Å². The quantitative estimate of drug-likeness (QED) is 0.161. The number of imide groups is 2. The van der Waals surface area contributed by atoms with E-state index in [4.69, 9.17) is 37.2 Å². The number of piperazine rings is 1. The third kappa shape index (κ3) is 8.71. The van der Waals surface area contributed by atoms with Crippen LogP contribution in [0, 0.1) is 39.8 Å². The Morgan fingerprint density at radius 3 is 2.19 bits per heavy atom. The zero-order valence-corrected chi connectivity index (χ0v) is 34.4. The van der Waals surface area contributed by atoms with Crippen molar-refractivity contribution in [1.82, 2.24) is 25.3 Å². The highest BCUT2D eigenvalue weighted by Crippen LogP contribution is 2.43. The number of anilines is 1. The van der Waals surface area contributed by atoms with E-state index >= 15 is 4.39 Å². The summed E-state index contributed by atoms with van der Waals surface area (Å²) >= 11 is 6.11. The number of amidine groups is 1. The van der Waals surface area contributed by atoms with Crippen molar-refractivity contribution < 1.29 is 42.6 Å². The van der Waals surface area contributed by atoms with Gasteiger partial charge in [0, 0.05) is 57.8 Å². The van der Waals surface area contributed by atoms with Crippen LogP contribution < -0.4 is 20.3 Å². The molecular weight excluding hydrogens is 825 g/mol. The van der Waals surface area contributed by atoms with Crippen molar-refractivity contribution in [3.8, 4) is 11.8 Å². The monoisotopic (exact) mass is 869 g/mol. The topological polar surface area (TPSA) is 229 Å². The molecule has 17 nitrogen and oxygen atoms in total. The van der Waals surface area contributed by atoms with Gasteiger partial charge >= 0.3 is 6.09 Å². The molecule has 3 unspecified atom stereocenters. The first-order chi connectivity index (χ1) is 29.8. The molecule has 19 heteroatoms. The van der Waals surface area contributed by atoms with Crippen molar-refractivity contribution in [3.05, 3.63) is 70.0 Å². The first kappa shape index (κ1) is 42.3. The lowest BCUT2D eigenvalue weighted by Crippen LogP contribution is -2.54. The molecule has 6 aliphatic rings. The third-order valence-corrected chi connectivity index (χ3v) is 13.0. The number of halogens is 2. The van der Waals surface area contributed by atoms with Crippen LogP contribution in [0.5, 0.6) is 5.75 Å². The Bertz CT molecular complexity index is 2300. The van der Waals surface area contributed by atoms with E-state index in [9.17, 15) is 28.8 Å². The molecule has 0 aromatic heterocycles. The number of amides is 6. The zero-order chi connectivity index (χ0) is 43.8. The molecule has 5 fully saturated rings. The summed E-state index contributed by atoms with van der Waals surface area (Å²) in [5, 5.41) is 31.2. The summed E-state index contributed by atoms with van der Waals surface area (Å²) in [5.74, 6) is -2.95. The highest BCUT2D eigenvalue weighted by molar-refractivity contribution is 6.42. The van der Waals surface area contributed by atoms with Gasteiger partial charge in [-0.3, -0.25) is 45.0 Å². The predicted molar refractivity (Wildman–Crippen MR) is 220 cm³/mol. The van der Waals surface area contributed by atoms with Crippen molar-refractivity contribution in [3.63, 3.8) is 0 Å². The molecule has 0 radical (unpaired) electrons. The molecule has 2 aromatic carbocycles. The number of carbonyl (C=O) groups is 6. The number of hydrogen-bond acceptors (Lipinski definition) is 12. The second-order valence-electron chi connectivity index (χ2n) is 16.6. The summed E-state index contributed by atoms with van der Waals surface area (Å²) in [4.78, 5) is 82.4. The minimum atomic E-state index is -1.14. The van der Waals surface area contributed by atoms with Gasteiger partial charge in [0.05, 0.1) is 33.5 Å². The average molecular weight is 870 g/mol. The lowest BCUT2D eigenvalue weighted by Gasteiger charge is -2.35. The van der Waals surface area contributed by atoms with Gasteiger partial charge in [0.25, 0.3) is 17.7 Å². The summed E-state index contributed by atoms with van der Waals surface area (Å²) in [5.41, 5.74) is 0.189. The van der Waals surface area contributed by atoms with E-state index in [-0.39, 0.29) is 71.3 Å². The SMILES string of the molecule is N#Cc1ccc(O[C@H]2CC[C@H](NC(=O)C(=N)/C=C\C(=N)N3CCN(C(=O)OC4CC5CN(c6cc7c(cc6F)C(=O)N(C6CCC(=O)NC6=O)C7=O)CC5C4)CC3)CC2)cc1Cl. The second-order valence-corrected chi connectivity index (χ2v) is 17.0. The van der Waals surface area contributed by atoms with Crippen LogP contribution in [-0.2, 0) is 19.1 Å². The molecule has 3 saturated heterocycles. The van der Waals surface area contributed by atoms with E-state index in [1.807, 2.05) is 11.0 Å². The third-order valence-electron chi connectivity index (χ3n) is 12.7. The van der Waals surface area contributed by atoms with Gasteiger partial charge in [-0.2, -0.15) is 5.26 Å². The smallest absolute Gasteiger partial charge is 0.410 e. The van der Waals surface area contributed by atoms with Crippen LogP contribution in [0.4, 0.5) is 14.9 Å². The van der Waals surface area contributed by atoms with Crippen LogP contribution in [0.25, 0.3) is 0 Å². The van der Waals surface area contributed by atoms with Crippen molar-refractivity contribution in [2.24, 2.45) is 11.8 Å². The van der Waals surface area contributed by atoms with Gasteiger partial charge in [-0.25, -0.2) is 9.18 Å². The molecule has 0 bridgehead atoms. The van der Waals surface area contributed by atoms with Crippen molar-refractivity contribution >= 4 is 64.5 Å². The van der Waals surface area contributed by atoms with E-state index < -0.39 is 47.5 Å². The number of nitriles is 1. The minimum Gasteiger partial charge on any atom is -0.490 e. The molecule has 3 atom stereocenters. The Balaban J connectivity index is 0.743. The summed E-state index contributed by atoms with van der Waals surface area (Å²) in [6.07, 6.45) is 5.78. The van der Waals surface area contributed by atoms with Gasteiger partial charge in [0.15, 0.2) is 0 Å². The predicted octanol–water partition coefficient (Wildman–Crippen LogP) is 3.78. The lowest BCUT2D eigenvalue weighted by atomic mass is 9.92. The summed E-state index contributed by atoms with van der Waals surface area (Å²) in [6, 6.07) is 8.12. The maximum atomic E-state index is 15.5. The van der Waals surface area contributed by atoms with Crippen molar-refractivity contribution in [2.75, 3.05) is 44.2 Å². The standard InChI is InChI=1S/C43H45ClFN9O8/c44-32-17-28(4-1-23(32)20-46)61-27-5-2-26(3-6-27)49-39(56)34(47)7-9-37(48)51-11-13-52(14-12-51)43(60)62-29-15-24-21-53(22-25(24)16-29)36-19-31-30(18-33(36)45)41(58)54(42(31)59)35-8-10-38(55)50-40(35)57/h1,4,7,9,17-19,24-27,29,35,47-48H,2-3,5-6,8,10-16,21-22H2,(H,49,56)(H,50,55,57)/b9-7-,47-34?,48-37?/t24?,25?,26-,27-,29?,35?. The molecule has 2 aromatic rings. The fraction of sp³-hybridized carbons (Fsp3) is 0.465. The van der Waals surface area contributed by atoms with Crippen LogP contribution in [0.2, 0.25) is 5.02 Å². The molecule has 2 saturated carbocycles. The number of hydrogen-bond donors (Lipinski definition) is 4. The average Bonchev–Trinajstić information content (AvgIpc) is 3.89. The van der Waals surface area contributed by atoms with E-state index in [0.29, 0.717) is 94.1 Å². The van der Waals surface area contributed by atoms with Gasteiger partial charge in [-0.05, 0) is 93.2 Å². The van der Waals surface area contributed by atoms with E-state index in [1.165, 1.54) is 18.2 Å². The largest absolute Gasteiger partial charge is 0.490 e. The Morgan fingerprint density at radius 1 is 0.887 bits per heavy atom. The fourth-order valence-corrected chi connectivity index (χ4v) is 9.60. The molecule has 324 valence electrons. The molecule has 2 aliphatic carbocycles. The second kappa shape index (κ2) is 17.6. The number of rotatable bonds is 9. The Hall–Kier alpha value is -6.35. The Kier molecular flexibility index (Phi) is 12.0. The minimum absolute atomic E-state index is 0.00353. The van der Waals surface area contributed by atoms with Crippen LogP contribution in [0.1, 0.15) is 77.6 Å². The van der Waals surface area contributed by atoms with Crippen LogP contribution >= 0.6 is 11.6 Å². The van der Waals surface area contributed by atoms with Gasteiger partial charge in [0.1, 0.15) is 41.3 Å². The van der Waals surface area contributed by atoms with Crippen LogP contribution in [0.3, 0.4) is 0 Å². The molecule has 4 N–H and O–H groups in total. The number of piperidine rings is 1. The van der Waals surface area contributed by atoms with Crippen LogP contribution in [0.15, 0.2) is 42.5 Å². The fourth-order valence-electron chi connectivity index (χ4n) is 9.39. The van der Waals surface area contributed by atoms with Gasteiger partial charge in [-0.1, -0.05) is 11.6 Å². The van der Waals surface area contributed by atoms with E-state index in [1.54, 1.807) is 28.0 Å². The molecule has 6 amide bonds. The number of nitrogens with zero attached hydrogens (tertiary/aromatic N) is 5. The van der Waals surface area contributed by atoms with E-state index in [0.717, 1.165) is 11.0 Å². The van der Waals surface area contributed by atoms with Crippen molar-refractivity contribution in [1.29, 1.82) is 16.1 Å². The maximum absolute atomic E-state index is 15.5. The molecule has 4 aliphatic heterocycles. The highest BCUT2D eigenvalue weighted by Gasteiger charge is 2.47. The summed E-state index contributed by atoms with van der Waals surface area (Å²) < 4.78 is 27.4. The molecule has 8 rings (SSSR count). The van der Waals surface area contributed by atoms with Crippen LogP contribution in [-0.4, -0.2) is 125 Å². The number of ether oxygens (including phenoxy) is 2. The zero-order valence-electron chi connectivity index (χ0n) is 33.7. The van der Waals surface area contributed by atoms with E-state index in [2.05, 4.69) is 10.6 Å². The lowest BCUT2D eigenvalue weighted by molar-refractivity contribution is -0.136. The summed E-state index contributed by atoms with van der Waals surface area (Å²) in [6.45, 7) is 2.32. The van der Waals surface area contributed by atoms with Gasteiger partial charge in [-0.15, -0.1) is 0 Å². The molecule has 62 heavy (non-hydrogen) atoms. The number of nitrogens with one attached hydrogen (secondary N) is 4.